The number of hydrogen-bond donors (Lipinski definition) is 0. The monoisotopic (exact) mass is 264 g/mol. The van der Waals surface area contributed by atoms with Crippen molar-refractivity contribution in [3.05, 3.63) is 46.5 Å². The van der Waals surface area contributed by atoms with Crippen LogP contribution in [0.1, 0.15) is 30.5 Å². The summed E-state index contributed by atoms with van der Waals surface area (Å²) >= 11 is 6.36. The minimum Gasteiger partial charge on any atom is -0.219 e. The van der Waals surface area contributed by atoms with Gasteiger partial charge in [0.05, 0.1) is 5.69 Å². The molecule has 0 unspecified atom stereocenters. The fourth-order valence-electron chi connectivity index (χ4n) is 2.47. The molecule has 0 spiro atoms. The highest BCUT2D eigenvalue weighted by Crippen LogP contribution is 2.29. The maximum absolute atomic E-state index is 13.8. The van der Waals surface area contributed by atoms with E-state index in [9.17, 15) is 4.39 Å². The van der Waals surface area contributed by atoms with Crippen molar-refractivity contribution in [1.29, 1.82) is 0 Å². The van der Waals surface area contributed by atoms with Crippen LogP contribution in [-0.2, 0) is 12.8 Å². The van der Waals surface area contributed by atoms with Crippen molar-refractivity contribution in [2.24, 2.45) is 0 Å². The highest BCUT2D eigenvalue weighted by atomic mass is 35.5. The third-order valence-corrected chi connectivity index (χ3v) is 3.81. The van der Waals surface area contributed by atoms with E-state index in [2.05, 4.69) is 5.10 Å². The number of halogens is 2. The van der Waals surface area contributed by atoms with Crippen LogP contribution in [0.5, 0.6) is 0 Å². The normalized spacial score (nSPS) is 15.2. The van der Waals surface area contributed by atoms with Gasteiger partial charge in [0.15, 0.2) is 0 Å². The van der Waals surface area contributed by atoms with Crippen LogP contribution in [0.3, 0.4) is 0 Å². The first-order valence-electron chi connectivity index (χ1n) is 6.28. The van der Waals surface area contributed by atoms with Crippen LogP contribution in [0.4, 0.5) is 4.39 Å². The lowest BCUT2D eigenvalue weighted by Crippen LogP contribution is -2.00. The van der Waals surface area contributed by atoms with E-state index in [4.69, 9.17) is 11.6 Å². The van der Waals surface area contributed by atoms with E-state index in [0.717, 1.165) is 36.9 Å². The van der Waals surface area contributed by atoms with Gasteiger partial charge in [-0.2, -0.15) is 5.10 Å². The molecule has 0 aliphatic heterocycles. The molecular weight excluding hydrogens is 251 g/mol. The quantitative estimate of drug-likeness (QED) is 0.714. The summed E-state index contributed by atoms with van der Waals surface area (Å²) in [7, 11) is 0. The molecule has 0 amide bonds. The topological polar surface area (TPSA) is 17.8 Å². The lowest BCUT2D eigenvalue weighted by atomic mass is 10.1. The van der Waals surface area contributed by atoms with Gasteiger partial charge in [-0.3, -0.25) is 0 Å². The van der Waals surface area contributed by atoms with Gasteiger partial charge in [0, 0.05) is 5.56 Å². The molecule has 0 fully saturated rings. The Labute approximate surface area is 110 Å². The fourth-order valence-corrected chi connectivity index (χ4v) is 2.81. The van der Waals surface area contributed by atoms with E-state index in [1.54, 1.807) is 18.2 Å². The van der Waals surface area contributed by atoms with Gasteiger partial charge in [0.1, 0.15) is 16.7 Å². The second-order valence-electron chi connectivity index (χ2n) is 4.64. The van der Waals surface area contributed by atoms with Gasteiger partial charge < -0.3 is 0 Å². The summed E-state index contributed by atoms with van der Waals surface area (Å²) in [5.74, 6) is -0.294. The molecule has 0 saturated heterocycles. The van der Waals surface area contributed by atoms with Gasteiger partial charge in [-0.15, -0.1) is 0 Å². The molecule has 0 atom stereocenters. The molecule has 1 aliphatic rings. The minimum atomic E-state index is -0.294. The molecule has 3 rings (SSSR count). The number of aryl methyl sites for hydroxylation is 1. The third kappa shape index (κ3) is 1.93. The second kappa shape index (κ2) is 4.73. The molecule has 0 N–H and O–H groups in total. The Bertz CT molecular complexity index is 577. The van der Waals surface area contributed by atoms with Crippen LogP contribution in [0, 0.1) is 5.82 Å². The minimum absolute atomic E-state index is 0.294. The Morgan fingerprint density at radius 2 is 1.89 bits per heavy atom. The van der Waals surface area contributed by atoms with E-state index in [1.807, 2.05) is 0 Å². The summed E-state index contributed by atoms with van der Waals surface area (Å²) in [5.41, 5.74) is 2.55. The Kier molecular flexibility index (Phi) is 3.08. The molecule has 1 aromatic carbocycles. The molecule has 1 aromatic heterocycles. The summed E-state index contributed by atoms with van der Waals surface area (Å²) < 4.78 is 15.3. The number of nitrogens with zero attached hydrogens (tertiary/aromatic N) is 2. The van der Waals surface area contributed by atoms with Gasteiger partial charge in [-0.1, -0.05) is 30.2 Å². The molecule has 0 saturated carbocycles. The summed E-state index contributed by atoms with van der Waals surface area (Å²) in [4.78, 5) is 0. The Morgan fingerprint density at radius 1 is 1.11 bits per heavy atom. The number of para-hydroxylation sites is 1. The number of fused-ring (bicyclic) bond motifs is 1. The van der Waals surface area contributed by atoms with Crippen molar-refractivity contribution in [3.8, 4) is 5.69 Å². The van der Waals surface area contributed by atoms with Gasteiger partial charge in [0.2, 0.25) is 0 Å². The molecule has 1 aliphatic carbocycles. The summed E-state index contributed by atoms with van der Waals surface area (Å²) in [6.07, 6.45) is 5.37. The first-order chi connectivity index (χ1) is 8.77. The molecule has 18 heavy (non-hydrogen) atoms. The average molecular weight is 265 g/mol. The number of hydrogen-bond acceptors (Lipinski definition) is 1. The molecule has 2 nitrogen and oxygen atoms in total. The molecule has 4 heteroatoms. The van der Waals surface area contributed by atoms with Crippen molar-refractivity contribution in [3.63, 3.8) is 0 Å². The lowest BCUT2D eigenvalue weighted by Gasteiger charge is -2.05. The first-order valence-corrected chi connectivity index (χ1v) is 6.66. The maximum atomic E-state index is 13.8. The molecular formula is C14H14ClFN2. The van der Waals surface area contributed by atoms with E-state index >= 15 is 0 Å². The largest absolute Gasteiger partial charge is 0.219 e. The molecule has 2 aromatic rings. The van der Waals surface area contributed by atoms with Crippen molar-refractivity contribution in [2.75, 3.05) is 0 Å². The molecule has 0 bridgehead atoms. The Morgan fingerprint density at radius 3 is 2.72 bits per heavy atom. The molecule has 1 heterocycles. The van der Waals surface area contributed by atoms with Gasteiger partial charge >= 0.3 is 0 Å². The van der Waals surface area contributed by atoms with E-state index in [-0.39, 0.29) is 5.82 Å². The Balaban J connectivity index is 2.12. The van der Waals surface area contributed by atoms with Crippen LogP contribution in [0.25, 0.3) is 5.69 Å². The lowest BCUT2D eigenvalue weighted by molar-refractivity contribution is 0.608. The van der Waals surface area contributed by atoms with Crippen LogP contribution in [0.15, 0.2) is 24.3 Å². The first kappa shape index (κ1) is 11.7. The van der Waals surface area contributed by atoms with Gasteiger partial charge in [0.25, 0.3) is 0 Å². The van der Waals surface area contributed by atoms with Crippen LogP contribution in [0.2, 0.25) is 5.15 Å². The zero-order valence-corrected chi connectivity index (χ0v) is 10.8. The predicted octanol–water partition coefficient (Wildman–Crippen LogP) is 3.93. The van der Waals surface area contributed by atoms with Crippen LogP contribution < -0.4 is 0 Å². The van der Waals surface area contributed by atoms with Crippen molar-refractivity contribution >= 4 is 11.6 Å². The third-order valence-electron chi connectivity index (χ3n) is 3.43. The standard InChI is InChI=1S/C14H14ClFN2/c15-14-10-6-2-1-3-8-12(10)17-18(14)13-9-5-4-7-11(13)16/h4-5,7,9H,1-3,6,8H2. The van der Waals surface area contributed by atoms with Crippen LogP contribution >= 0.6 is 11.6 Å². The van der Waals surface area contributed by atoms with Gasteiger partial charge in [-0.25, -0.2) is 9.07 Å². The number of aromatic nitrogens is 2. The highest BCUT2D eigenvalue weighted by molar-refractivity contribution is 6.30. The average Bonchev–Trinajstić information content (AvgIpc) is 2.56. The smallest absolute Gasteiger partial charge is 0.148 e. The zero-order valence-electron chi connectivity index (χ0n) is 10.00. The summed E-state index contributed by atoms with van der Waals surface area (Å²) in [6.45, 7) is 0. The summed E-state index contributed by atoms with van der Waals surface area (Å²) in [5, 5.41) is 5.05. The molecule has 0 radical (unpaired) electrons. The van der Waals surface area contributed by atoms with Crippen molar-refractivity contribution in [1.82, 2.24) is 9.78 Å². The maximum Gasteiger partial charge on any atom is 0.148 e. The fraction of sp³-hybridized carbons (Fsp3) is 0.357. The zero-order chi connectivity index (χ0) is 12.5. The molecule has 94 valence electrons. The number of rotatable bonds is 1. The van der Waals surface area contributed by atoms with Crippen molar-refractivity contribution in [2.45, 2.75) is 32.1 Å². The Hall–Kier alpha value is -1.35. The van der Waals surface area contributed by atoms with Crippen LogP contribution in [-0.4, -0.2) is 9.78 Å². The summed E-state index contributed by atoms with van der Waals surface area (Å²) in [6, 6.07) is 6.59. The predicted molar refractivity (Wildman–Crippen MR) is 69.8 cm³/mol. The van der Waals surface area contributed by atoms with Crippen molar-refractivity contribution < 1.29 is 4.39 Å². The van der Waals surface area contributed by atoms with Gasteiger partial charge in [-0.05, 0) is 37.8 Å². The van der Waals surface area contributed by atoms with E-state index in [0.29, 0.717) is 10.8 Å². The number of benzene rings is 1. The highest BCUT2D eigenvalue weighted by Gasteiger charge is 2.20. The van der Waals surface area contributed by atoms with E-state index < -0.39 is 0 Å². The SMILES string of the molecule is Fc1ccccc1-n1nc2c(c1Cl)CCCCC2. The second-order valence-corrected chi connectivity index (χ2v) is 5.00. The van der Waals surface area contributed by atoms with E-state index in [1.165, 1.54) is 17.2 Å².